The molecule has 2 aromatic rings. The molecular weight excluding hydrogens is 484 g/mol. The third kappa shape index (κ3) is 5.86. The molecule has 0 N–H and O–H groups in total. The molecule has 1 saturated heterocycles. The lowest BCUT2D eigenvalue weighted by Gasteiger charge is -2.46. The first-order valence-corrected chi connectivity index (χ1v) is 12.8. The van der Waals surface area contributed by atoms with Crippen LogP contribution in [0.3, 0.4) is 0 Å². The number of nitrogens with zero attached hydrogens (tertiary/aromatic N) is 4. The second-order valence-electron chi connectivity index (χ2n) is 10.9. The van der Waals surface area contributed by atoms with Crippen LogP contribution in [0.1, 0.15) is 54.7 Å². The average molecular weight is 521 g/mol. The molecule has 0 spiro atoms. The maximum atomic E-state index is 13.3. The predicted octanol–water partition coefficient (Wildman–Crippen LogP) is 4.04. The lowest BCUT2D eigenvalue weighted by molar-refractivity contribution is -0.0191. The van der Waals surface area contributed by atoms with Crippen molar-refractivity contribution in [1.82, 2.24) is 14.7 Å². The fourth-order valence-electron chi connectivity index (χ4n) is 5.09. The largest absolute Gasteiger partial charge is 0.497 e. The van der Waals surface area contributed by atoms with Gasteiger partial charge >= 0.3 is 6.09 Å². The Labute approximate surface area is 224 Å². The van der Waals surface area contributed by atoms with Gasteiger partial charge in [-0.15, -0.1) is 0 Å². The molecule has 0 radical (unpaired) electrons. The van der Waals surface area contributed by atoms with Crippen molar-refractivity contribution in [3.8, 4) is 17.6 Å². The number of methoxy groups -OCH3 is 2. The quantitative estimate of drug-likeness (QED) is 0.567. The van der Waals surface area contributed by atoms with Crippen LogP contribution in [0, 0.1) is 11.3 Å². The Bertz CT molecular complexity index is 1250. The topological polar surface area (TPSA) is 95.3 Å². The van der Waals surface area contributed by atoms with Crippen molar-refractivity contribution in [3.05, 3.63) is 58.7 Å². The van der Waals surface area contributed by atoms with Crippen LogP contribution in [0.2, 0.25) is 0 Å². The van der Waals surface area contributed by atoms with E-state index in [1.54, 1.807) is 36.2 Å². The zero-order valence-corrected chi connectivity index (χ0v) is 23.0. The van der Waals surface area contributed by atoms with Gasteiger partial charge in [0.1, 0.15) is 17.1 Å². The first-order valence-electron chi connectivity index (χ1n) is 12.8. The van der Waals surface area contributed by atoms with Crippen molar-refractivity contribution in [1.29, 1.82) is 5.26 Å². The Kier molecular flexibility index (Phi) is 7.83. The van der Waals surface area contributed by atoms with Gasteiger partial charge in [0, 0.05) is 62.0 Å². The molecule has 1 fully saturated rings. The molecule has 0 unspecified atom stereocenters. The summed E-state index contributed by atoms with van der Waals surface area (Å²) in [4.78, 5) is 32.3. The molecule has 0 aliphatic carbocycles. The van der Waals surface area contributed by atoms with Crippen molar-refractivity contribution in [2.24, 2.45) is 0 Å². The van der Waals surface area contributed by atoms with E-state index in [1.807, 2.05) is 52.0 Å². The minimum absolute atomic E-state index is 0.0880. The van der Waals surface area contributed by atoms with E-state index in [0.29, 0.717) is 49.6 Å². The number of rotatable bonds is 6. The van der Waals surface area contributed by atoms with E-state index in [4.69, 9.17) is 14.2 Å². The van der Waals surface area contributed by atoms with Gasteiger partial charge in [0.25, 0.3) is 5.91 Å². The zero-order chi connectivity index (χ0) is 27.6. The van der Waals surface area contributed by atoms with Crippen LogP contribution in [0.4, 0.5) is 4.79 Å². The van der Waals surface area contributed by atoms with Gasteiger partial charge in [0.15, 0.2) is 0 Å². The summed E-state index contributed by atoms with van der Waals surface area (Å²) in [5.41, 5.74) is 2.33. The molecule has 202 valence electrons. The van der Waals surface area contributed by atoms with Gasteiger partial charge in [-0.1, -0.05) is 12.1 Å². The fourth-order valence-corrected chi connectivity index (χ4v) is 5.09. The van der Waals surface area contributed by atoms with E-state index in [9.17, 15) is 14.9 Å². The molecule has 2 aliphatic rings. The summed E-state index contributed by atoms with van der Waals surface area (Å²) in [6.45, 7) is 10.1. The standard InChI is InChI=1S/C29H36N4O5/c1-19-14-31(16-22-9-10-24(36-5)12-26(22)37-6)23(18-33(19)28(35)38-29(2,3)4)17-32-15-21-8-7-20(13-30)11-25(21)27(32)34/h7-12,19,23H,14-18H2,1-6H3/t19-,23+/m1/s1. The summed E-state index contributed by atoms with van der Waals surface area (Å²) in [5.74, 6) is 1.34. The van der Waals surface area contributed by atoms with Gasteiger partial charge < -0.3 is 24.0 Å². The maximum Gasteiger partial charge on any atom is 0.410 e. The summed E-state index contributed by atoms with van der Waals surface area (Å²) < 4.78 is 16.7. The van der Waals surface area contributed by atoms with Gasteiger partial charge in [-0.2, -0.15) is 5.26 Å². The number of benzene rings is 2. The molecule has 0 aromatic heterocycles. The zero-order valence-electron chi connectivity index (χ0n) is 23.0. The van der Waals surface area contributed by atoms with Crippen LogP contribution in [0.15, 0.2) is 36.4 Å². The summed E-state index contributed by atoms with van der Waals surface area (Å²) in [6.07, 6.45) is -0.355. The highest BCUT2D eigenvalue weighted by Gasteiger charge is 2.39. The molecule has 4 rings (SSSR count). The lowest BCUT2D eigenvalue weighted by Crippen LogP contribution is -2.61. The summed E-state index contributed by atoms with van der Waals surface area (Å²) in [5, 5.41) is 9.27. The molecule has 2 amide bonds. The lowest BCUT2D eigenvalue weighted by atomic mass is 10.0. The highest BCUT2D eigenvalue weighted by Crippen LogP contribution is 2.30. The van der Waals surface area contributed by atoms with Crippen molar-refractivity contribution in [2.45, 2.75) is 58.5 Å². The summed E-state index contributed by atoms with van der Waals surface area (Å²) in [6, 6.07) is 12.9. The number of carbonyl (C=O) groups is 2. The number of amides is 2. The van der Waals surface area contributed by atoms with Crippen LogP contribution in [0.5, 0.6) is 11.5 Å². The first-order chi connectivity index (χ1) is 18.0. The third-order valence-corrected chi connectivity index (χ3v) is 7.00. The second-order valence-corrected chi connectivity index (χ2v) is 10.9. The Hall–Kier alpha value is -3.77. The number of nitriles is 1. The van der Waals surface area contributed by atoms with Crippen LogP contribution in [0.25, 0.3) is 0 Å². The molecule has 9 heteroatoms. The summed E-state index contributed by atoms with van der Waals surface area (Å²) >= 11 is 0. The molecule has 9 nitrogen and oxygen atoms in total. The van der Waals surface area contributed by atoms with E-state index in [0.717, 1.165) is 16.9 Å². The molecule has 38 heavy (non-hydrogen) atoms. The molecular formula is C29H36N4O5. The van der Waals surface area contributed by atoms with E-state index in [2.05, 4.69) is 11.0 Å². The second kappa shape index (κ2) is 10.9. The van der Waals surface area contributed by atoms with Crippen molar-refractivity contribution < 1.29 is 23.8 Å². The van der Waals surface area contributed by atoms with Crippen LogP contribution >= 0.6 is 0 Å². The van der Waals surface area contributed by atoms with Crippen LogP contribution in [-0.4, -0.2) is 78.2 Å². The van der Waals surface area contributed by atoms with Gasteiger partial charge in [0.05, 0.1) is 25.9 Å². The van der Waals surface area contributed by atoms with Crippen LogP contribution < -0.4 is 9.47 Å². The fraction of sp³-hybridized carbons (Fsp3) is 0.483. The van der Waals surface area contributed by atoms with Gasteiger partial charge in [0.2, 0.25) is 0 Å². The Morgan fingerprint density at radius 3 is 2.53 bits per heavy atom. The monoisotopic (exact) mass is 520 g/mol. The number of hydrogen-bond donors (Lipinski definition) is 0. The number of piperazine rings is 1. The smallest absolute Gasteiger partial charge is 0.410 e. The number of fused-ring (bicyclic) bond motifs is 1. The maximum absolute atomic E-state index is 13.3. The van der Waals surface area contributed by atoms with Crippen molar-refractivity contribution in [3.63, 3.8) is 0 Å². The van der Waals surface area contributed by atoms with E-state index >= 15 is 0 Å². The number of carbonyl (C=O) groups excluding carboxylic acids is 2. The SMILES string of the molecule is COc1ccc(CN2C[C@@H](C)N(C(=O)OC(C)(C)C)C[C@@H]2CN2Cc3ccc(C#N)cc3C2=O)c(OC)c1. The van der Waals surface area contributed by atoms with Crippen molar-refractivity contribution >= 4 is 12.0 Å². The minimum Gasteiger partial charge on any atom is -0.497 e. The molecule has 2 aromatic carbocycles. The highest BCUT2D eigenvalue weighted by atomic mass is 16.6. The molecule has 2 heterocycles. The average Bonchev–Trinajstić information content (AvgIpc) is 3.18. The Morgan fingerprint density at radius 2 is 1.87 bits per heavy atom. The normalized spacial score (nSPS) is 19.7. The Morgan fingerprint density at radius 1 is 1.11 bits per heavy atom. The van der Waals surface area contributed by atoms with Crippen LogP contribution in [-0.2, 0) is 17.8 Å². The van der Waals surface area contributed by atoms with Gasteiger partial charge in [-0.25, -0.2) is 4.79 Å². The van der Waals surface area contributed by atoms with Crippen molar-refractivity contribution in [2.75, 3.05) is 33.9 Å². The Balaban J connectivity index is 1.60. The predicted molar refractivity (Wildman–Crippen MR) is 142 cm³/mol. The van der Waals surface area contributed by atoms with Gasteiger partial charge in [-0.3, -0.25) is 9.69 Å². The minimum atomic E-state index is -0.606. The van der Waals surface area contributed by atoms with Gasteiger partial charge in [-0.05, 0) is 51.5 Å². The first kappa shape index (κ1) is 27.3. The van der Waals surface area contributed by atoms with E-state index in [-0.39, 0.29) is 24.1 Å². The molecule has 2 aliphatic heterocycles. The van der Waals surface area contributed by atoms with E-state index in [1.165, 1.54) is 0 Å². The third-order valence-electron chi connectivity index (χ3n) is 7.00. The van der Waals surface area contributed by atoms with E-state index < -0.39 is 5.60 Å². The number of ether oxygens (including phenoxy) is 3. The summed E-state index contributed by atoms with van der Waals surface area (Å²) in [7, 11) is 3.25. The molecule has 0 saturated carbocycles. The highest BCUT2D eigenvalue weighted by molar-refractivity contribution is 5.98. The molecule has 2 atom stereocenters. The number of hydrogen-bond acceptors (Lipinski definition) is 7. The molecule has 0 bridgehead atoms.